The van der Waals surface area contributed by atoms with E-state index in [0.717, 1.165) is 16.7 Å². The molecule has 3 heterocycles. The van der Waals surface area contributed by atoms with Gasteiger partial charge in [0.25, 0.3) is 5.91 Å². The molecule has 0 aliphatic carbocycles. The zero-order valence-corrected chi connectivity index (χ0v) is 18.5. The van der Waals surface area contributed by atoms with E-state index in [4.69, 9.17) is 8.94 Å². The van der Waals surface area contributed by atoms with E-state index in [1.807, 2.05) is 49.4 Å². The monoisotopic (exact) mass is 442 g/mol. The molecule has 2 aromatic heterocycles. The summed E-state index contributed by atoms with van der Waals surface area (Å²) in [4.78, 5) is 33.4. The maximum Gasteiger partial charge on any atom is 0.294 e. The number of furan rings is 1. The highest BCUT2D eigenvalue weighted by molar-refractivity contribution is 6.10. The van der Waals surface area contributed by atoms with Crippen molar-refractivity contribution in [3.63, 3.8) is 0 Å². The molecule has 0 spiro atoms. The lowest BCUT2D eigenvalue weighted by molar-refractivity contribution is -0.117. The minimum Gasteiger partial charge on any atom is -0.459 e. The van der Waals surface area contributed by atoms with Gasteiger partial charge in [-0.2, -0.15) is 4.98 Å². The maximum absolute atomic E-state index is 13.2. The number of hydrogen-bond donors (Lipinski definition) is 0. The molecule has 0 saturated heterocycles. The molecule has 5 rings (SSSR count). The first kappa shape index (κ1) is 20.7. The van der Waals surface area contributed by atoms with Crippen molar-refractivity contribution in [2.75, 3.05) is 16.3 Å². The van der Waals surface area contributed by atoms with Crippen LogP contribution in [0.5, 0.6) is 0 Å². The van der Waals surface area contributed by atoms with Gasteiger partial charge in [0, 0.05) is 26.0 Å². The molecular weight excluding hydrogens is 420 g/mol. The Labute approximate surface area is 190 Å². The van der Waals surface area contributed by atoms with Crippen LogP contribution in [0.3, 0.4) is 0 Å². The van der Waals surface area contributed by atoms with Crippen LogP contribution in [0.2, 0.25) is 0 Å². The minimum absolute atomic E-state index is 0.0731. The summed E-state index contributed by atoms with van der Waals surface area (Å²) in [5.74, 6) is 0.943. The number of carbonyl (C=O) groups is 2. The minimum atomic E-state index is -0.246. The summed E-state index contributed by atoms with van der Waals surface area (Å²) in [5, 5.41) is 4.00. The Bertz CT molecular complexity index is 1340. The third-order valence-corrected chi connectivity index (χ3v) is 5.71. The van der Waals surface area contributed by atoms with Crippen molar-refractivity contribution in [1.29, 1.82) is 0 Å². The average molecular weight is 442 g/mol. The predicted octanol–water partition coefficient (Wildman–Crippen LogP) is 4.71. The summed E-state index contributed by atoms with van der Waals surface area (Å²) in [6, 6.07) is 16.7. The molecule has 2 aromatic carbocycles. The number of rotatable bonds is 3. The Balaban J connectivity index is 1.61. The number of benzene rings is 2. The lowest BCUT2D eigenvalue weighted by Gasteiger charge is -2.40. The fourth-order valence-corrected chi connectivity index (χ4v) is 4.26. The Morgan fingerprint density at radius 1 is 1.00 bits per heavy atom. The van der Waals surface area contributed by atoms with Crippen LogP contribution in [0.25, 0.3) is 22.5 Å². The molecule has 1 aliphatic rings. The highest BCUT2D eigenvalue weighted by Gasteiger charge is 2.35. The first-order valence-corrected chi connectivity index (χ1v) is 10.6. The average Bonchev–Trinajstić information content (AvgIpc) is 3.50. The lowest BCUT2D eigenvalue weighted by Crippen LogP contribution is -2.51. The van der Waals surface area contributed by atoms with Crippen molar-refractivity contribution in [2.45, 2.75) is 26.8 Å². The molecule has 166 valence electrons. The van der Waals surface area contributed by atoms with E-state index in [1.54, 1.807) is 28.9 Å². The number of hydrogen-bond acceptors (Lipinski definition) is 6. The number of carbonyl (C=O) groups excluding carboxylic acids is 2. The van der Waals surface area contributed by atoms with E-state index in [1.165, 1.54) is 13.2 Å². The molecule has 0 radical (unpaired) electrons. The van der Waals surface area contributed by atoms with Crippen LogP contribution in [0.15, 0.2) is 69.8 Å². The van der Waals surface area contributed by atoms with Gasteiger partial charge in [-0.1, -0.05) is 29.4 Å². The van der Waals surface area contributed by atoms with E-state index < -0.39 is 0 Å². The zero-order valence-electron chi connectivity index (χ0n) is 18.5. The Kier molecular flexibility index (Phi) is 5.05. The van der Waals surface area contributed by atoms with Crippen molar-refractivity contribution >= 4 is 23.2 Å². The number of fused-ring (bicyclic) bond motifs is 1. The Hall–Kier alpha value is -4.20. The molecule has 4 aromatic rings. The SMILES string of the molecule is CC(=O)N1c2ccc(-c3cccc(-c4noc(C)n4)c3)cc2N(C(=O)c2ccco2)C[C@@H]1C. The molecule has 2 amide bonds. The van der Waals surface area contributed by atoms with Gasteiger partial charge in [0.2, 0.25) is 17.6 Å². The molecular formula is C25H22N4O4. The second-order valence-corrected chi connectivity index (χ2v) is 8.05. The molecule has 0 fully saturated rings. The second-order valence-electron chi connectivity index (χ2n) is 8.05. The van der Waals surface area contributed by atoms with Crippen LogP contribution in [-0.4, -0.2) is 34.5 Å². The fourth-order valence-electron chi connectivity index (χ4n) is 4.26. The van der Waals surface area contributed by atoms with Crippen molar-refractivity contribution in [2.24, 2.45) is 0 Å². The highest BCUT2D eigenvalue weighted by atomic mass is 16.5. The lowest BCUT2D eigenvalue weighted by atomic mass is 9.99. The van der Waals surface area contributed by atoms with Crippen LogP contribution in [0, 0.1) is 6.92 Å². The molecule has 0 saturated carbocycles. The van der Waals surface area contributed by atoms with E-state index in [9.17, 15) is 9.59 Å². The topological polar surface area (TPSA) is 92.7 Å². The second kappa shape index (κ2) is 8.05. The summed E-state index contributed by atoms with van der Waals surface area (Å²) in [6.45, 7) is 5.57. The zero-order chi connectivity index (χ0) is 23.1. The van der Waals surface area contributed by atoms with Gasteiger partial charge in [0.05, 0.1) is 23.7 Å². The fraction of sp³-hybridized carbons (Fsp3) is 0.200. The van der Waals surface area contributed by atoms with Crippen LogP contribution < -0.4 is 9.80 Å². The van der Waals surface area contributed by atoms with Gasteiger partial charge >= 0.3 is 0 Å². The van der Waals surface area contributed by atoms with Gasteiger partial charge in [0.1, 0.15) is 0 Å². The Morgan fingerprint density at radius 2 is 1.79 bits per heavy atom. The summed E-state index contributed by atoms with van der Waals surface area (Å²) in [5.41, 5.74) is 3.99. The van der Waals surface area contributed by atoms with Gasteiger partial charge in [0.15, 0.2) is 5.76 Å². The maximum atomic E-state index is 13.2. The summed E-state index contributed by atoms with van der Waals surface area (Å²) in [6.07, 6.45) is 1.48. The van der Waals surface area contributed by atoms with Crippen LogP contribution in [0.4, 0.5) is 11.4 Å². The third-order valence-electron chi connectivity index (χ3n) is 5.71. The van der Waals surface area contributed by atoms with Gasteiger partial charge in [-0.15, -0.1) is 0 Å². The van der Waals surface area contributed by atoms with Crippen molar-refractivity contribution < 1.29 is 18.5 Å². The third kappa shape index (κ3) is 3.69. The smallest absolute Gasteiger partial charge is 0.294 e. The van der Waals surface area contributed by atoms with Crippen LogP contribution >= 0.6 is 0 Å². The highest BCUT2D eigenvalue weighted by Crippen LogP contribution is 2.40. The van der Waals surface area contributed by atoms with Crippen LogP contribution in [0.1, 0.15) is 30.3 Å². The number of aryl methyl sites for hydroxylation is 1. The quantitative estimate of drug-likeness (QED) is 0.456. The van der Waals surface area contributed by atoms with Crippen LogP contribution in [-0.2, 0) is 4.79 Å². The Morgan fingerprint density at radius 3 is 2.48 bits per heavy atom. The molecule has 8 nitrogen and oxygen atoms in total. The molecule has 1 aliphatic heterocycles. The van der Waals surface area contributed by atoms with Crippen molar-refractivity contribution in [3.05, 3.63) is 72.5 Å². The molecule has 0 N–H and O–H groups in total. The molecule has 33 heavy (non-hydrogen) atoms. The molecule has 1 atom stereocenters. The number of nitrogens with zero attached hydrogens (tertiary/aromatic N) is 4. The first-order valence-electron chi connectivity index (χ1n) is 10.6. The van der Waals surface area contributed by atoms with E-state index >= 15 is 0 Å². The number of anilines is 2. The van der Waals surface area contributed by atoms with Gasteiger partial charge in [-0.3, -0.25) is 9.59 Å². The van der Waals surface area contributed by atoms with E-state index in [2.05, 4.69) is 10.1 Å². The largest absolute Gasteiger partial charge is 0.459 e. The molecule has 0 unspecified atom stereocenters. The summed E-state index contributed by atoms with van der Waals surface area (Å²) < 4.78 is 10.5. The number of aromatic nitrogens is 2. The van der Waals surface area contributed by atoms with E-state index in [0.29, 0.717) is 29.6 Å². The van der Waals surface area contributed by atoms with Gasteiger partial charge in [-0.25, -0.2) is 0 Å². The first-order chi connectivity index (χ1) is 15.9. The normalized spacial score (nSPS) is 15.4. The summed E-state index contributed by atoms with van der Waals surface area (Å²) in [7, 11) is 0. The van der Waals surface area contributed by atoms with E-state index in [-0.39, 0.29) is 23.6 Å². The predicted molar refractivity (Wildman–Crippen MR) is 123 cm³/mol. The van der Waals surface area contributed by atoms with Gasteiger partial charge < -0.3 is 18.7 Å². The van der Waals surface area contributed by atoms with Gasteiger partial charge in [-0.05, 0) is 48.4 Å². The standard InChI is InChI=1S/C25H22N4O4/c1-15-14-28(25(31)23-8-5-11-32-23)22-13-19(9-10-21(22)29(15)17(3)30)18-6-4-7-20(12-18)24-26-16(2)33-27-24/h4-13,15H,14H2,1-3H3/t15-/m0/s1. The molecule has 8 heteroatoms. The summed E-state index contributed by atoms with van der Waals surface area (Å²) >= 11 is 0. The molecule has 0 bridgehead atoms. The van der Waals surface area contributed by atoms with Crippen molar-refractivity contribution in [3.8, 4) is 22.5 Å². The van der Waals surface area contributed by atoms with Crippen molar-refractivity contribution in [1.82, 2.24) is 10.1 Å². The number of amides is 2.